The number of amides is 4. The molecule has 0 aromatic heterocycles. The van der Waals surface area contributed by atoms with Gasteiger partial charge in [0.1, 0.15) is 12.1 Å². The van der Waals surface area contributed by atoms with Crippen molar-refractivity contribution < 1.29 is 14.4 Å². The van der Waals surface area contributed by atoms with Crippen molar-refractivity contribution in [1.82, 2.24) is 15.5 Å². The Bertz CT molecular complexity index is 1110. The summed E-state index contributed by atoms with van der Waals surface area (Å²) >= 11 is 0. The number of nitrogens with zero attached hydrogens (tertiary/aromatic N) is 1. The lowest BCUT2D eigenvalue weighted by atomic mass is 9.88. The van der Waals surface area contributed by atoms with E-state index in [-0.39, 0.29) is 12.5 Å². The van der Waals surface area contributed by atoms with Crippen molar-refractivity contribution in [3.63, 3.8) is 0 Å². The Morgan fingerprint density at radius 2 is 1.67 bits per heavy atom. The average molecular weight is 401 g/mol. The molecule has 0 radical (unpaired) electrons. The van der Waals surface area contributed by atoms with Gasteiger partial charge in [0.05, 0.1) is 0 Å². The van der Waals surface area contributed by atoms with Gasteiger partial charge < -0.3 is 10.6 Å². The van der Waals surface area contributed by atoms with Gasteiger partial charge in [0.2, 0.25) is 5.91 Å². The minimum atomic E-state index is -1.22. The summed E-state index contributed by atoms with van der Waals surface area (Å²) in [5, 5.41) is 7.44. The number of rotatable bonds is 6. The quantitative estimate of drug-likeness (QED) is 0.624. The number of carbonyl (C=O) groups is 3. The number of hydrogen-bond donors (Lipinski definition) is 2. The molecule has 2 N–H and O–H groups in total. The average Bonchev–Trinajstić information content (AvgIpc) is 2.98. The molecule has 4 amide bonds. The minimum absolute atomic E-state index is 0.306. The summed E-state index contributed by atoms with van der Waals surface area (Å²) in [4.78, 5) is 39.1. The molecular weight excluding hydrogens is 378 g/mol. The first-order valence-electron chi connectivity index (χ1n) is 9.92. The Kier molecular flexibility index (Phi) is 5.23. The van der Waals surface area contributed by atoms with E-state index in [4.69, 9.17) is 0 Å². The Hall–Kier alpha value is -3.67. The number of fused-ring (bicyclic) bond motifs is 1. The third-order valence-electron chi connectivity index (χ3n) is 5.48. The van der Waals surface area contributed by atoms with Crippen LogP contribution in [0.5, 0.6) is 0 Å². The molecule has 30 heavy (non-hydrogen) atoms. The van der Waals surface area contributed by atoms with Crippen molar-refractivity contribution >= 4 is 28.6 Å². The summed E-state index contributed by atoms with van der Waals surface area (Å²) in [6.45, 7) is 1.81. The van der Waals surface area contributed by atoms with Crippen LogP contribution in [0.15, 0.2) is 72.8 Å². The zero-order valence-electron chi connectivity index (χ0n) is 16.7. The fraction of sp³-hybridized carbons (Fsp3) is 0.208. The highest BCUT2D eigenvalue weighted by Crippen LogP contribution is 2.33. The molecule has 1 aliphatic rings. The Morgan fingerprint density at radius 1 is 0.967 bits per heavy atom. The lowest BCUT2D eigenvalue weighted by molar-refractivity contribution is -0.134. The highest BCUT2D eigenvalue weighted by molar-refractivity contribution is 6.10. The molecule has 0 bridgehead atoms. The van der Waals surface area contributed by atoms with Crippen LogP contribution in [0.3, 0.4) is 0 Å². The second-order valence-corrected chi connectivity index (χ2v) is 7.56. The van der Waals surface area contributed by atoms with Crippen LogP contribution >= 0.6 is 0 Å². The molecule has 4 rings (SSSR count). The highest BCUT2D eigenvalue weighted by Gasteiger charge is 2.50. The maximum absolute atomic E-state index is 13.2. The Morgan fingerprint density at radius 3 is 2.47 bits per heavy atom. The fourth-order valence-corrected chi connectivity index (χ4v) is 3.87. The summed E-state index contributed by atoms with van der Waals surface area (Å²) < 4.78 is 0. The monoisotopic (exact) mass is 401 g/mol. The van der Waals surface area contributed by atoms with Gasteiger partial charge >= 0.3 is 6.03 Å². The van der Waals surface area contributed by atoms with Crippen LogP contribution in [0.25, 0.3) is 10.8 Å². The first-order valence-corrected chi connectivity index (χ1v) is 9.92. The van der Waals surface area contributed by atoms with Gasteiger partial charge in [-0.15, -0.1) is 0 Å². The van der Waals surface area contributed by atoms with Crippen LogP contribution in [-0.4, -0.2) is 35.8 Å². The van der Waals surface area contributed by atoms with Gasteiger partial charge in [-0.05, 0) is 35.2 Å². The van der Waals surface area contributed by atoms with E-state index < -0.39 is 17.5 Å². The normalized spacial score (nSPS) is 18.5. The minimum Gasteiger partial charge on any atom is -0.354 e. The summed E-state index contributed by atoms with van der Waals surface area (Å²) in [6, 6.07) is 22.6. The van der Waals surface area contributed by atoms with Crippen molar-refractivity contribution in [2.45, 2.75) is 18.9 Å². The molecule has 6 heteroatoms. The first-order chi connectivity index (χ1) is 14.5. The standard InChI is InChI=1S/C24H23N3O3/c1-24(20-13-7-11-18-10-5-6-12-19(18)20)22(29)27(23(30)26-24)16-21(28)25-15-14-17-8-3-2-4-9-17/h2-13H,14-16H2,1H3,(H,25,28)(H,26,30). The van der Waals surface area contributed by atoms with Gasteiger partial charge in [-0.25, -0.2) is 4.79 Å². The summed E-state index contributed by atoms with van der Waals surface area (Å²) in [5.74, 6) is -0.793. The Balaban J connectivity index is 1.46. The van der Waals surface area contributed by atoms with E-state index in [0.29, 0.717) is 18.5 Å². The van der Waals surface area contributed by atoms with Crippen molar-refractivity contribution in [3.05, 3.63) is 83.9 Å². The lowest BCUT2D eigenvalue weighted by Gasteiger charge is -2.24. The third-order valence-corrected chi connectivity index (χ3v) is 5.48. The second-order valence-electron chi connectivity index (χ2n) is 7.56. The van der Waals surface area contributed by atoms with Crippen LogP contribution in [0.4, 0.5) is 4.79 Å². The molecule has 1 saturated heterocycles. The predicted octanol–water partition coefficient (Wildman–Crippen LogP) is 2.97. The van der Waals surface area contributed by atoms with Gasteiger partial charge in [-0.1, -0.05) is 72.8 Å². The van der Waals surface area contributed by atoms with Gasteiger partial charge in [-0.2, -0.15) is 0 Å². The number of urea groups is 1. The van der Waals surface area contributed by atoms with E-state index >= 15 is 0 Å². The number of hydrogen-bond acceptors (Lipinski definition) is 3. The van der Waals surface area contributed by atoms with E-state index in [0.717, 1.165) is 21.2 Å². The van der Waals surface area contributed by atoms with Crippen LogP contribution < -0.4 is 10.6 Å². The van der Waals surface area contributed by atoms with Gasteiger partial charge in [0.15, 0.2) is 0 Å². The second kappa shape index (κ2) is 7.99. The molecule has 1 heterocycles. The van der Waals surface area contributed by atoms with Crippen molar-refractivity contribution in [2.75, 3.05) is 13.1 Å². The SMILES string of the molecule is CC1(c2cccc3ccccc23)NC(=O)N(CC(=O)NCCc2ccccc2)C1=O. The van der Waals surface area contributed by atoms with Gasteiger partial charge in [-0.3, -0.25) is 14.5 Å². The predicted molar refractivity (Wildman–Crippen MR) is 115 cm³/mol. The fourth-order valence-electron chi connectivity index (χ4n) is 3.87. The number of benzene rings is 3. The summed E-state index contributed by atoms with van der Waals surface area (Å²) in [6.07, 6.45) is 0.681. The van der Waals surface area contributed by atoms with E-state index in [1.165, 1.54) is 0 Å². The number of nitrogens with one attached hydrogen (secondary N) is 2. The number of imide groups is 1. The largest absolute Gasteiger partial charge is 0.354 e. The molecule has 0 spiro atoms. The molecule has 1 atom stereocenters. The van der Waals surface area contributed by atoms with Crippen LogP contribution in [0.1, 0.15) is 18.1 Å². The van der Waals surface area contributed by atoms with Crippen molar-refractivity contribution in [2.24, 2.45) is 0 Å². The van der Waals surface area contributed by atoms with Gasteiger partial charge in [0, 0.05) is 6.54 Å². The molecule has 3 aromatic rings. The zero-order chi connectivity index (χ0) is 21.1. The maximum atomic E-state index is 13.2. The lowest BCUT2D eigenvalue weighted by Crippen LogP contribution is -2.43. The molecule has 1 fully saturated rings. The number of carbonyl (C=O) groups excluding carboxylic acids is 3. The molecule has 0 saturated carbocycles. The molecule has 3 aromatic carbocycles. The molecule has 152 valence electrons. The zero-order valence-corrected chi connectivity index (χ0v) is 16.7. The smallest absolute Gasteiger partial charge is 0.325 e. The van der Waals surface area contributed by atoms with Crippen molar-refractivity contribution in [1.29, 1.82) is 0 Å². The van der Waals surface area contributed by atoms with E-state index in [9.17, 15) is 14.4 Å². The third kappa shape index (κ3) is 3.64. The topological polar surface area (TPSA) is 78.5 Å². The van der Waals surface area contributed by atoms with E-state index in [2.05, 4.69) is 10.6 Å². The van der Waals surface area contributed by atoms with E-state index in [1.807, 2.05) is 72.8 Å². The molecule has 1 aliphatic heterocycles. The summed E-state index contributed by atoms with van der Waals surface area (Å²) in [7, 11) is 0. The molecule has 0 aliphatic carbocycles. The molecular formula is C24H23N3O3. The van der Waals surface area contributed by atoms with Gasteiger partial charge in [0.25, 0.3) is 5.91 Å². The van der Waals surface area contributed by atoms with E-state index in [1.54, 1.807) is 6.92 Å². The highest BCUT2D eigenvalue weighted by atomic mass is 16.2. The van der Waals surface area contributed by atoms with Crippen molar-refractivity contribution in [3.8, 4) is 0 Å². The van der Waals surface area contributed by atoms with Crippen LogP contribution in [0.2, 0.25) is 0 Å². The maximum Gasteiger partial charge on any atom is 0.325 e. The molecule has 6 nitrogen and oxygen atoms in total. The van der Waals surface area contributed by atoms with Crippen LogP contribution in [-0.2, 0) is 21.5 Å². The first kappa shape index (κ1) is 19.6. The molecule has 1 unspecified atom stereocenters. The Labute approximate surface area is 174 Å². The summed E-state index contributed by atoms with van der Waals surface area (Å²) in [5.41, 5.74) is 0.602. The van der Waals surface area contributed by atoms with Crippen LogP contribution in [0, 0.1) is 0 Å².